The van der Waals surface area contributed by atoms with Crippen molar-refractivity contribution in [2.75, 3.05) is 47.3 Å². The van der Waals surface area contributed by atoms with Gasteiger partial charge in [0.1, 0.15) is 18.9 Å². The number of thioether (sulfide) groups is 5. The molecule has 6 aromatic carbocycles. The smallest absolute Gasteiger partial charge is 0.339 e. The lowest BCUT2D eigenvalue weighted by molar-refractivity contribution is 0.0516. The summed E-state index contributed by atoms with van der Waals surface area (Å²) in [6, 6.07) is 48.9. The van der Waals surface area contributed by atoms with E-state index >= 15 is 0 Å². The number of hydrogen-bond donors (Lipinski definition) is 1. The number of thiol groups is 1. The van der Waals surface area contributed by atoms with Crippen molar-refractivity contribution in [3.8, 4) is 35.6 Å². The zero-order valence-corrected chi connectivity index (χ0v) is 79.2. The summed E-state index contributed by atoms with van der Waals surface area (Å²) >= 11 is 32.9. The van der Waals surface area contributed by atoms with Crippen molar-refractivity contribution in [3.63, 3.8) is 0 Å². The van der Waals surface area contributed by atoms with Crippen molar-refractivity contribution in [1.29, 1.82) is 0 Å². The maximum absolute atomic E-state index is 11.6. The summed E-state index contributed by atoms with van der Waals surface area (Å²) in [4.78, 5) is 38.6. The predicted molar refractivity (Wildman–Crippen MR) is 495 cm³/mol. The van der Waals surface area contributed by atoms with Crippen molar-refractivity contribution in [2.24, 2.45) is 0 Å². The van der Waals surface area contributed by atoms with E-state index in [-0.39, 0.29) is 22.8 Å². The average Bonchev–Trinajstić information content (AvgIpc) is 0.774. The highest BCUT2D eigenvalue weighted by atomic mass is 79.9. The third kappa shape index (κ3) is 34.5. The molecule has 12 rings (SSSR count). The standard InChI is InChI=1S/C21H21NO2S.C16H22SSi.C13H14S.2C11H13BrS.C8H8ClNO2.C6H5BrS.C5H9Br/c1-4-24-20(23)16-7-9-17(22-14-16)8-5-15-6-10-19-18(13-15)21(2,3)11-12-25-19;1-16(2)9-10-17-15-7-6-13(12-14(15)16)8-11-18(3,4)5;1-4-10-5-6-12-11(9-10)13(2,3)7-8-14-12;1-11(2)5-6-13-10-4-3-8(12)7-9(10)11;1-9(2)6-7-13-11-5-3-4-10(12)8-11;1-2-12-8(11)6-3-4-7(9)10-5-6;7-5-1-3-6(8)4-2-5;1-5(2)3-4-6/h6-7,9-10,13-14H,4,11-12H2,1-3H3;6-7,12H,9-10H2,1-5H3;1,5-6,9H,7-8H2,2-3H3;3-4,7H,5-6H2,1-2H3;3-6,8H,7H2,1-2H3;3-5H,2H2,1H3;1-4,8H;3H,4H2,1-2H3. The molecule has 18 heteroatoms. The van der Waals surface area contributed by atoms with Gasteiger partial charge in [0.25, 0.3) is 0 Å². The average molecular weight is 1870 g/mol. The summed E-state index contributed by atoms with van der Waals surface area (Å²) < 4.78 is 13.1. The van der Waals surface area contributed by atoms with E-state index in [1.54, 1.807) is 38.1 Å². The second-order valence-corrected chi connectivity index (χ2v) is 44.5. The number of carbonyl (C=O) groups excluding carboxylic acids is 2. The van der Waals surface area contributed by atoms with Gasteiger partial charge in [-0.3, -0.25) is 0 Å². The van der Waals surface area contributed by atoms with E-state index in [1.165, 1.54) is 129 Å². The summed E-state index contributed by atoms with van der Waals surface area (Å²) in [6.07, 6.45) is 17.6. The first kappa shape index (κ1) is 94.8. The number of pyridine rings is 2. The first-order valence-electron chi connectivity index (χ1n) is 36.3. The fourth-order valence-electron chi connectivity index (χ4n) is 10.5. The van der Waals surface area contributed by atoms with E-state index in [2.05, 4.69) is 315 Å². The lowest BCUT2D eigenvalue weighted by Gasteiger charge is -2.32. The van der Waals surface area contributed by atoms with Crippen molar-refractivity contribution < 1.29 is 19.1 Å². The Balaban J connectivity index is 0.000000230. The van der Waals surface area contributed by atoms with Crippen molar-refractivity contribution in [3.05, 3.63) is 256 Å². The van der Waals surface area contributed by atoms with Crippen LogP contribution in [0.2, 0.25) is 24.8 Å². The van der Waals surface area contributed by atoms with Crippen LogP contribution in [0.1, 0.15) is 188 Å². The quantitative estimate of drug-likeness (QED) is 0.0231. The van der Waals surface area contributed by atoms with E-state index in [9.17, 15) is 9.59 Å². The number of nitrogens with zero attached hydrogens (tertiary/aromatic N) is 2. The molecule has 4 aliphatic rings. The van der Waals surface area contributed by atoms with Crippen LogP contribution in [0.25, 0.3) is 0 Å². The van der Waals surface area contributed by atoms with Gasteiger partial charge in [0.2, 0.25) is 0 Å². The summed E-state index contributed by atoms with van der Waals surface area (Å²) in [5.41, 5.74) is 17.8. The highest BCUT2D eigenvalue weighted by Crippen LogP contribution is 2.45. The number of fused-ring (bicyclic) bond motifs is 4. The molecule has 0 N–H and O–H groups in total. The van der Waals surface area contributed by atoms with Crippen molar-refractivity contribution >= 4 is 167 Å². The predicted octanol–water partition coefficient (Wildman–Crippen LogP) is 28.3. The first-order valence-corrected chi connectivity index (χ1v) is 49.1. The zero-order valence-electron chi connectivity index (χ0n) is 66.1. The molecule has 109 heavy (non-hydrogen) atoms. The van der Waals surface area contributed by atoms with E-state index in [0.717, 1.165) is 36.1 Å². The Bertz CT molecular complexity index is 4500. The number of aromatic nitrogens is 2. The van der Waals surface area contributed by atoms with Gasteiger partial charge in [0.05, 0.1) is 24.3 Å². The van der Waals surface area contributed by atoms with Crippen LogP contribution in [0.4, 0.5) is 0 Å². The van der Waals surface area contributed by atoms with Crippen LogP contribution >= 0.6 is 147 Å². The molecule has 4 aliphatic heterocycles. The van der Waals surface area contributed by atoms with Gasteiger partial charge in [-0.1, -0.05) is 197 Å². The lowest BCUT2D eigenvalue weighted by atomic mass is 9.81. The Morgan fingerprint density at radius 3 is 1.36 bits per heavy atom. The molecule has 0 saturated heterocycles. The maximum atomic E-state index is 11.6. The Kier molecular flexibility index (Phi) is 41.1. The third-order valence-electron chi connectivity index (χ3n) is 17.2. The number of esters is 2. The van der Waals surface area contributed by atoms with Gasteiger partial charge < -0.3 is 9.47 Å². The van der Waals surface area contributed by atoms with Crippen molar-refractivity contribution in [1.82, 2.24) is 9.97 Å². The number of ether oxygens (including phenoxy) is 2. The molecule has 0 aliphatic carbocycles. The largest absolute Gasteiger partial charge is 0.462 e. The fourth-order valence-corrected chi connectivity index (χ4v) is 20.1. The molecule has 6 heterocycles. The maximum Gasteiger partial charge on any atom is 0.339 e. The Hall–Kier alpha value is -4.75. The van der Waals surface area contributed by atoms with Crippen LogP contribution < -0.4 is 0 Å². The van der Waals surface area contributed by atoms with Crippen LogP contribution in [0.3, 0.4) is 0 Å². The normalized spacial score (nSPS) is 14.3. The Morgan fingerprint density at radius 1 is 0.541 bits per heavy atom. The molecule has 0 radical (unpaired) electrons. The van der Waals surface area contributed by atoms with Crippen LogP contribution in [0.15, 0.2) is 224 Å². The summed E-state index contributed by atoms with van der Waals surface area (Å²) in [5, 5.41) is 1.35. The van der Waals surface area contributed by atoms with Gasteiger partial charge in [0, 0.05) is 83.0 Å². The minimum absolute atomic E-state index is 0.192. The highest BCUT2D eigenvalue weighted by molar-refractivity contribution is 9.11. The number of alkyl halides is 1. The second kappa shape index (κ2) is 47.2. The zero-order chi connectivity index (χ0) is 80.5. The number of carbonyl (C=O) groups is 2. The van der Waals surface area contributed by atoms with Crippen LogP contribution in [-0.2, 0) is 31.1 Å². The molecule has 8 aromatic rings. The minimum Gasteiger partial charge on any atom is -0.462 e. The Labute approximate surface area is 720 Å². The molecular formula is C91H105Br4ClN2O4S6Si. The third-order valence-corrected chi connectivity index (χ3v) is 25.6. The van der Waals surface area contributed by atoms with Gasteiger partial charge in [-0.05, 0) is 280 Å². The number of halogens is 5. The van der Waals surface area contributed by atoms with Gasteiger partial charge in [-0.15, -0.1) is 83.4 Å². The van der Waals surface area contributed by atoms with Crippen LogP contribution in [0.5, 0.6) is 0 Å². The number of allylic oxidation sites excluding steroid dienone is 3. The molecular weight excluding hydrogens is 1760 g/mol. The van der Waals surface area contributed by atoms with Crippen LogP contribution in [0, 0.1) is 35.6 Å². The second-order valence-electron chi connectivity index (χ2n) is 29.8. The summed E-state index contributed by atoms with van der Waals surface area (Å²) in [5.74, 6) is 17.5. The van der Waals surface area contributed by atoms with Gasteiger partial charge in [0.15, 0.2) is 0 Å². The van der Waals surface area contributed by atoms with E-state index in [4.69, 9.17) is 27.5 Å². The van der Waals surface area contributed by atoms with Crippen molar-refractivity contribution in [2.45, 2.75) is 193 Å². The van der Waals surface area contributed by atoms with Crippen LogP contribution in [-0.4, -0.2) is 77.3 Å². The monoisotopic (exact) mass is 1860 g/mol. The summed E-state index contributed by atoms with van der Waals surface area (Å²) in [7, 11) is -1.28. The Morgan fingerprint density at radius 2 is 0.963 bits per heavy atom. The number of hydrogen-bond acceptors (Lipinski definition) is 12. The topological polar surface area (TPSA) is 78.4 Å². The van der Waals surface area contributed by atoms with Gasteiger partial charge in [-0.2, -0.15) is 0 Å². The van der Waals surface area contributed by atoms with E-state index in [0.29, 0.717) is 46.0 Å². The molecule has 2 aromatic heterocycles. The minimum atomic E-state index is -1.28. The molecule has 0 amide bonds. The highest BCUT2D eigenvalue weighted by Gasteiger charge is 2.31. The van der Waals surface area contributed by atoms with E-state index < -0.39 is 8.07 Å². The fraction of sp³-hybridized carbons (Fsp3) is 0.363. The molecule has 0 fully saturated rings. The molecule has 0 spiro atoms. The molecule has 0 bridgehead atoms. The lowest BCUT2D eigenvalue weighted by Crippen LogP contribution is -2.22. The van der Waals surface area contributed by atoms with E-state index in [1.807, 2.05) is 95.2 Å². The molecule has 0 saturated carbocycles. The number of terminal acetylenes is 1. The molecule has 0 unspecified atom stereocenters. The molecule has 0 atom stereocenters. The van der Waals surface area contributed by atoms with Gasteiger partial charge >= 0.3 is 11.9 Å². The first-order chi connectivity index (χ1) is 51.5. The van der Waals surface area contributed by atoms with Gasteiger partial charge in [-0.25, -0.2) is 19.6 Å². The SMILES string of the molecule is C#Cc1ccc2c(c1)C(C)(C)CCS2.CC(C)=CCBr.CC(C)=CCSc1cccc(Br)c1.CC1(C)CCSc2ccc(Br)cc21.CC1(C)CCSc2ccc(C#C[Si](C)(C)C)cc21.CCOC(=O)c1ccc(C#Cc2ccc3c(c2)C(C)(C)CCS3)nc1.CCOC(=O)c1ccc(Cl)nc1.Sc1ccc(Br)cc1. The molecule has 6 nitrogen and oxygen atoms in total. The number of rotatable bonds is 8. The number of benzene rings is 6. The summed E-state index contributed by atoms with van der Waals surface area (Å²) in [6.45, 7) is 38.1. The molecule has 578 valence electrons.